The first-order chi connectivity index (χ1) is 13.5. The van der Waals surface area contributed by atoms with Gasteiger partial charge in [0.1, 0.15) is 23.2 Å². The molecule has 0 fully saturated rings. The molecule has 0 saturated carbocycles. The molecule has 8 heteroatoms. The Hall–Kier alpha value is -3.57. The largest absolute Gasteiger partial charge is 0.463 e. The fourth-order valence-corrected chi connectivity index (χ4v) is 3.89. The standard InChI is InChI=1S/C20H10F2N2O3S/c1-2-7-24-17-14(22)8-11(21)9-16(17)28-20(24)23-19(26)13-10-27-15-6-4-3-5-12(15)18(13)25/h1,3-6,8-10H,7H2. The normalized spacial score (nSPS) is 11.8. The summed E-state index contributed by atoms with van der Waals surface area (Å²) in [4.78, 5) is 29.1. The predicted molar refractivity (Wildman–Crippen MR) is 101 cm³/mol. The van der Waals surface area contributed by atoms with E-state index in [2.05, 4.69) is 10.9 Å². The number of hydrogen-bond donors (Lipinski definition) is 0. The molecule has 138 valence electrons. The summed E-state index contributed by atoms with van der Waals surface area (Å²) in [7, 11) is 0. The summed E-state index contributed by atoms with van der Waals surface area (Å²) in [6, 6.07) is 8.34. The highest BCUT2D eigenvalue weighted by Gasteiger charge is 2.16. The van der Waals surface area contributed by atoms with Gasteiger partial charge < -0.3 is 8.98 Å². The van der Waals surface area contributed by atoms with Crippen LogP contribution in [0.25, 0.3) is 21.2 Å². The Bertz CT molecular complexity index is 1420. The van der Waals surface area contributed by atoms with Gasteiger partial charge in [0, 0.05) is 6.07 Å². The Labute approximate surface area is 160 Å². The van der Waals surface area contributed by atoms with Gasteiger partial charge in [-0.2, -0.15) is 4.99 Å². The van der Waals surface area contributed by atoms with Gasteiger partial charge in [0.25, 0.3) is 5.91 Å². The van der Waals surface area contributed by atoms with Gasteiger partial charge in [0.2, 0.25) is 5.43 Å². The van der Waals surface area contributed by atoms with E-state index >= 15 is 0 Å². The first-order valence-corrected chi connectivity index (χ1v) is 8.82. The highest BCUT2D eigenvalue weighted by atomic mass is 32.1. The molecule has 4 rings (SSSR count). The molecule has 0 atom stereocenters. The number of thiazole rings is 1. The number of nitrogens with zero attached hydrogens (tertiary/aromatic N) is 2. The number of terminal acetylenes is 1. The van der Waals surface area contributed by atoms with Crippen molar-refractivity contribution in [1.82, 2.24) is 4.57 Å². The number of aromatic nitrogens is 1. The first-order valence-electron chi connectivity index (χ1n) is 8.01. The Balaban J connectivity index is 1.93. The fourth-order valence-electron chi connectivity index (χ4n) is 2.82. The van der Waals surface area contributed by atoms with Crippen molar-refractivity contribution in [3.63, 3.8) is 0 Å². The minimum Gasteiger partial charge on any atom is -0.463 e. The highest BCUT2D eigenvalue weighted by Crippen LogP contribution is 2.22. The van der Waals surface area contributed by atoms with E-state index in [-0.39, 0.29) is 32.5 Å². The summed E-state index contributed by atoms with van der Waals surface area (Å²) < 4.78 is 34.6. The molecule has 0 aliphatic rings. The molecular formula is C20H10F2N2O3S. The van der Waals surface area contributed by atoms with Crippen molar-refractivity contribution >= 4 is 38.4 Å². The first kappa shape index (κ1) is 17.8. The zero-order chi connectivity index (χ0) is 19.8. The molecule has 0 unspecified atom stereocenters. The van der Waals surface area contributed by atoms with Gasteiger partial charge in [-0.15, -0.1) is 6.42 Å². The number of carbonyl (C=O) groups is 1. The van der Waals surface area contributed by atoms with Crippen LogP contribution >= 0.6 is 11.3 Å². The molecule has 0 bridgehead atoms. The smallest absolute Gasteiger partial charge is 0.286 e. The van der Waals surface area contributed by atoms with Crippen molar-refractivity contribution in [2.45, 2.75) is 6.54 Å². The number of fused-ring (bicyclic) bond motifs is 2. The molecule has 2 aromatic carbocycles. The van der Waals surface area contributed by atoms with E-state index in [9.17, 15) is 18.4 Å². The SMILES string of the molecule is C#CCn1c(=NC(=O)c2coc3ccccc3c2=O)sc2cc(F)cc(F)c21. The lowest BCUT2D eigenvalue weighted by atomic mass is 10.2. The van der Waals surface area contributed by atoms with E-state index in [0.29, 0.717) is 5.58 Å². The van der Waals surface area contributed by atoms with Gasteiger partial charge in [-0.25, -0.2) is 8.78 Å². The third-order valence-electron chi connectivity index (χ3n) is 4.05. The van der Waals surface area contributed by atoms with Crippen LogP contribution in [-0.2, 0) is 6.54 Å². The molecule has 5 nitrogen and oxygen atoms in total. The molecule has 0 N–H and O–H groups in total. The summed E-state index contributed by atoms with van der Waals surface area (Å²) in [5.74, 6) is -0.0886. The van der Waals surface area contributed by atoms with Crippen molar-refractivity contribution in [2.75, 3.05) is 0 Å². The van der Waals surface area contributed by atoms with Gasteiger partial charge in [0.15, 0.2) is 10.6 Å². The number of amides is 1. The van der Waals surface area contributed by atoms with Crippen LogP contribution in [0.2, 0.25) is 0 Å². The number of hydrogen-bond acceptors (Lipinski definition) is 4. The maximum Gasteiger partial charge on any atom is 0.286 e. The van der Waals surface area contributed by atoms with E-state index in [1.54, 1.807) is 18.2 Å². The molecule has 4 aromatic rings. The number of rotatable bonds is 2. The molecule has 1 amide bonds. The van der Waals surface area contributed by atoms with Crippen LogP contribution in [0.5, 0.6) is 0 Å². The number of carbonyl (C=O) groups excluding carboxylic acids is 1. The van der Waals surface area contributed by atoms with Gasteiger partial charge in [-0.1, -0.05) is 29.4 Å². The molecule has 0 spiro atoms. The lowest BCUT2D eigenvalue weighted by molar-refractivity contribution is 0.0995. The highest BCUT2D eigenvalue weighted by molar-refractivity contribution is 7.16. The maximum atomic E-state index is 14.2. The molecule has 0 aliphatic heterocycles. The molecular weight excluding hydrogens is 386 g/mol. The monoisotopic (exact) mass is 396 g/mol. The van der Waals surface area contributed by atoms with Crippen LogP contribution in [0, 0.1) is 24.0 Å². The zero-order valence-electron chi connectivity index (χ0n) is 14.1. The van der Waals surface area contributed by atoms with Crippen LogP contribution in [0.3, 0.4) is 0 Å². The van der Waals surface area contributed by atoms with Crippen LogP contribution in [0.15, 0.2) is 56.9 Å². The second-order valence-corrected chi connectivity index (χ2v) is 6.81. The van der Waals surface area contributed by atoms with Crippen LogP contribution in [-0.4, -0.2) is 10.5 Å². The average molecular weight is 396 g/mol. The lowest BCUT2D eigenvalue weighted by Crippen LogP contribution is -2.20. The minimum atomic E-state index is -0.863. The summed E-state index contributed by atoms with van der Waals surface area (Å²) in [5.41, 5.74) is -0.417. The second kappa shape index (κ2) is 6.87. The average Bonchev–Trinajstić information content (AvgIpc) is 2.99. The Kier molecular flexibility index (Phi) is 4.37. The number of halogens is 2. The van der Waals surface area contributed by atoms with Crippen LogP contribution in [0.1, 0.15) is 10.4 Å². The summed E-state index contributed by atoms with van der Waals surface area (Å²) >= 11 is 0.892. The minimum absolute atomic E-state index is 0.0430. The molecule has 28 heavy (non-hydrogen) atoms. The van der Waals surface area contributed by atoms with Crippen LogP contribution < -0.4 is 10.2 Å². The van der Waals surface area contributed by atoms with E-state index in [4.69, 9.17) is 10.8 Å². The van der Waals surface area contributed by atoms with Gasteiger partial charge in [-0.3, -0.25) is 9.59 Å². The summed E-state index contributed by atoms with van der Waals surface area (Å²) in [6.45, 7) is -0.0823. The predicted octanol–water partition coefficient (Wildman–Crippen LogP) is 3.46. The topological polar surface area (TPSA) is 64.6 Å². The van der Waals surface area contributed by atoms with Crippen molar-refractivity contribution in [2.24, 2.45) is 4.99 Å². The van der Waals surface area contributed by atoms with Crippen LogP contribution in [0.4, 0.5) is 8.78 Å². The molecule has 0 radical (unpaired) electrons. The molecule has 0 saturated heterocycles. The fraction of sp³-hybridized carbons (Fsp3) is 0.0500. The lowest BCUT2D eigenvalue weighted by Gasteiger charge is -2.01. The van der Waals surface area contributed by atoms with E-state index < -0.39 is 23.0 Å². The Morgan fingerprint density at radius 1 is 1.29 bits per heavy atom. The van der Waals surface area contributed by atoms with Gasteiger partial charge >= 0.3 is 0 Å². The summed E-state index contributed by atoms with van der Waals surface area (Å²) in [5, 5.41) is 0.240. The van der Waals surface area contributed by atoms with E-state index in [1.807, 2.05) is 0 Å². The van der Waals surface area contributed by atoms with Crippen molar-refractivity contribution in [1.29, 1.82) is 0 Å². The van der Waals surface area contributed by atoms with E-state index in [1.165, 1.54) is 10.6 Å². The van der Waals surface area contributed by atoms with Gasteiger partial charge in [0.05, 0.1) is 22.1 Å². The Morgan fingerprint density at radius 2 is 2.07 bits per heavy atom. The van der Waals surface area contributed by atoms with Crippen molar-refractivity contribution < 1.29 is 18.0 Å². The maximum absolute atomic E-state index is 14.2. The second-order valence-electron chi connectivity index (χ2n) is 5.80. The number of para-hydroxylation sites is 1. The summed E-state index contributed by atoms with van der Waals surface area (Å²) in [6.07, 6.45) is 6.37. The molecule has 2 heterocycles. The quantitative estimate of drug-likeness (QED) is 0.488. The van der Waals surface area contributed by atoms with Gasteiger partial charge in [-0.05, 0) is 18.2 Å². The molecule has 2 aromatic heterocycles. The third kappa shape index (κ3) is 2.92. The van der Waals surface area contributed by atoms with E-state index in [0.717, 1.165) is 29.7 Å². The Morgan fingerprint density at radius 3 is 2.86 bits per heavy atom. The molecule has 0 aliphatic carbocycles. The third-order valence-corrected chi connectivity index (χ3v) is 5.08. The zero-order valence-corrected chi connectivity index (χ0v) is 14.9. The number of benzene rings is 2. The van der Waals surface area contributed by atoms with Crippen molar-refractivity contribution in [3.05, 3.63) is 74.9 Å². The van der Waals surface area contributed by atoms with Crippen molar-refractivity contribution in [3.8, 4) is 12.3 Å².